The molecule has 6 heteroatoms. The molecule has 1 atom stereocenters. The molecule has 0 spiro atoms. The van der Waals surface area contributed by atoms with Crippen molar-refractivity contribution in [3.05, 3.63) is 60.2 Å². The van der Waals surface area contributed by atoms with Crippen LogP contribution in [-0.2, 0) is 16.1 Å². The van der Waals surface area contributed by atoms with E-state index < -0.39 is 4.75 Å². The number of thioether (sulfide) groups is 1. The van der Waals surface area contributed by atoms with Crippen LogP contribution in [0.2, 0.25) is 0 Å². The van der Waals surface area contributed by atoms with Crippen molar-refractivity contribution in [3.8, 4) is 0 Å². The molecule has 146 valence electrons. The van der Waals surface area contributed by atoms with Gasteiger partial charge in [0.05, 0.1) is 5.69 Å². The second kappa shape index (κ2) is 7.60. The van der Waals surface area contributed by atoms with Crippen molar-refractivity contribution in [1.29, 1.82) is 0 Å². The molecule has 4 rings (SSSR count). The third kappa shape index (κ3) is 3.42. The lowest BCUT2D eigenvalue weighted by molar-refractivity contribution is -0.139. The third-order valence-corrected chi connectivity index (χ3v) is 6.89. The van der Waals surface area contributed by atoms with E-state index in [0.29, 0.717) is 13.1 Å². The molecular formula is C22H25N3O2S. The fraction of sp³-hybridized carbons (Fsp3) is 0.364. The van der Waals surface area contributed by atoms with Crippen LogP contribution in [0, 0.1) is 0 Å². The zero-order chi connectivity index (χ0) is 19.7. The summed E-state index contributed by atoms with van der Waals surface area (Å²) in [5.74, 6) is -0.226. The molecule has 0 radical (unpaired) electrons. The van der Waals surface area contributed by atoms with E-state index >= 15 is 0 Å². The normalized spacial score (nSPS) is 22.9. The first-order valence-corrected chi connectivity index (χ1v) is 10.4. The number of hydrogen-bond donors (Lipinski definition) is 0. The molecule has 1 fully saturated rings. The lowest BCUT2D eigenvalue weighted by atomic mass is 10.1. The van der Waals surface area contributed by atoms with E-state index in [1.807, 2.05) is 35.2 Å². The number of fused-ring (bicyclic) bond motifs is 1. The number of anilines is 1. The highest BCUT2D eigenvalue weighted by Gasteiger charge is 2.50. The summed E-state index contributed by atoms with van der Waals surface area (Å²) in [7, 11) is 1.75. The predicted octanol–water partition coefficient (Wildman–Crippen LogP) is 2.86. The van der Waals surface area contributed by atoms with E-state index in [-0.39, 0.29) is 11.8 Å². The first kappa shape index (κ1) is 19.0. The number of para-hydroxylation sites is 1. The predicted molar refractivity (Wildman–Crippen MR) is 112 cm³/mol. The van der Waals surface area contributed by atoms with E-state index in [4.69, 9.17) is 0 Å². The Kier molecular flexibility index (Phi) is 5.17. The maximum Gasteiger partial charge on any atom is 0.252 e. The summed E-state index contributed by atoms with van der Waals surface area (Å²) < 4.78 is -1.11. The topological polar surface area (TPSA) is 43.9 Å². The van der Waals surface area contributed by atoms with Crippen LogP contribution in [0.15, 0.2) is 59.5 Å². The molecule has 0 saturated carbocycles. The summed E-state index contributed by atoms with van der Waals surface area (Å²) in [6.07, 6.45) is 0. The summed E-state index contributed by atoms with van der Waals surface area (Å²) in [6, 6.07) is 18.1. The molecule has 5 nitrogen and oxygen atoms in total. The van der Waals surface area contributed by atoms with Gasteiger partial charge in [0.2, 0.25) is 5.91 Å². The van der Waals surface area contributed by atoms with Gasteiger partial charge < -0.3 is 9.80 Å². The number of amides is 2. The minimum Gasteiger partial charge on any atom is -0.338 e. The molecule has 2 aliphatic heterocycles. The van der Waals surface area contributed by atoms with Crippen molar-refractivity contribution < 1.29 is 9.59 Å². The van der Waals surface area contributed by atoms with Crippen molar-refractivity contribution in [1.82, 2.24) is 9.80 Å². The molecule has 28 heavy (non-hydrogen) atoms. The first-order valence-electron chi connectivity index (χ1n) is 9.61. The lowest BCUT2D eigenvalue weighted by Crippen LogP contribution is -2.59. The van der Waals surface area contributed by atoms with E-state index in [1.54, 1.807) is 18.9 Å². The van der Waals surface area contributed by atoms with Crippen LogP contribution >= 0.6 is 11.8 Å². The second-order valence-corrected chi connectivity index (χ2v) is 8.98. The average molecular weight is 396 g/mol. The van der Waals surface area contributed by atoms with Crippen molar-refractivity contribution >= 4 is 29.3 Å². The van der Waals surface area contributed by atoms with Gasteiger partial charge >= 0.3 is 0 Å². The van der Waals surface area contributed by atoms with Crippen LogP contribution in [0.1, 0.15) is 12.5 Å². The Morgan fingerprint density at radius 2 is 1.64 bits per heavy atom. The number of piperazine rings is 1. The summed E-state index contributed by atoms with van der Waals surface area (Å²) in [4.78, 5) is 33.2. The summed E-state index contributed by atoms with van der Waals surface area (Å²) in [5.41, 5.74) is 2.15. The van der Waals surface area contributed by atoms with Crippen molar-refractivity contribution in [2.75, 3.05) is 38.1 Å². The quantitative estimate of drug-likeness (QED) is 0.750. The van der Waals surface area contributed by atoms with Crippen LogP contribution in [0.3, 0.4) is 0 Å². The van der Waals surface area contributed by atoms with E-state index in [9.17, 15) is 9.59 Å². The zero-order valence-corrected chi connectivity index (χ0v) is 17.1. The monoisotopic (exact) mass is 395 g/mol. The molecule has 2 amide bonds. The fourth-order valence-corrected chi connectivity index (χ4v) is 5.24. The van der Waals surface area contributed by atoms with Crippen LogP contribution in [0.25, 0.3) is 0 Å². The molecule has 1 unspecified atom stereocenters. The zero-order valence-electron chi connectivity index (χ0n) is 16.3. The highest BCUT2D eigenvalue weighted by molar-refractivity contribution is 8.02. The standard InChI is InChI=1S/C22H25N3O2S/c1-22(20(26)23(2)18-10-6-7-11-19(18)28-22)21(27)25-14-12-24(13-15-25)16-17-8-4-3-5-9-17/h3-11H,12-16H2,1-2H3. The van der Waals surface area contributed by atoms with Gasteiger partial charge in [0.1, 0.15) is 0 Å². The number of rotatable bonds is 3. The van der Waals surface area contributed by atoms with Gasteiger partial charge in [-0.05, 0) is 24.6 Å². The summed E-state index contributed by atoms with van der Waals surface area (Å²) in [6.45, 7) is 5.61. The van der Waals surface area contributed by atoms with Crippen LogP contribution < -0.4 is 4.90 Å². The van der Waals surface area contributed by atoms with Crippen LogP contribution in [0.4, 0.5) is 5.69 Å². The smallest absolute Gasteiger partial charge is 0.252 e. The van der Waals surface area contributed by atoms with Crippen molar-refractivity contribution in [2.45, 2.75) is 23.1 Å². The van der Waals surface area contributed by atoms with Gasteiger partial charge in [-0.2, -0.15) is 0 Å². The highest BCUT2D eigenvalue weighted by Crippen LogP contribution is 2.45. The van der Waals surface area contributed by atoms with Gasteiger partial charge in [-0.25, -0.2) is 0 Å². The molecule has 0 N–H and O–H groups in total. The Morgan fingerprint density at radius 3 is 2.36 bits per heavy atom. The molecule has 0 aliphatic carbocycles. The van der Waals surface area contributed by atoms with Gasteiger partial charge in [0.25, 0.3) is 5.91 Å². The molecule has 2 aliphatic rings. The van der Waals surface area contributed by atoms with Gasteiger partial charge in [0, 0.05) is 44.7 Å². The number of carbonyl (C=O) groups excluding carboxylic acids is 2. The van der Waals surface area contributed by atoms with E-state index in [0.717, 1.165) is 30.2 Å². The lowest BCUT2D eigenvalue weighted by Gasteiger charge is -2.42. The Morgan fingerprint density at radius 1 is 1.00 bits per heavy atom. The largest absolute Gasteiger partial charge is 0.338 e. The molecular weight excluding hydrogens is 370 g/mol. The maximum absolute atomic E-state index is 13.3. The molecule has 1 saturated heterocycles. The van der Waals surface area contributed by atoms with Crippen LogP contribution in [-0.4, -0.2) is 59.6 Å². The van der Waals surface area contributed by atoms with Crippen molar-refractivity contribution in [2.24, 2.45) is 0 Å². The Hall–Kier alpha value is -2.31. The Bertz CT molecular complexity index is 880. The number of carbonyl (C=O) groups is 2. The second-order valence-electron chi connectivity index (χ2n) is 7.52. The molecule has 2 aromatic rings. The number of hydrogen-bond acceptors (Lipinski definition) is 4. The minimum atomic E-state index is -1.11. The minimum absolute atomic E-state index is 0.0804. The SMILES string of the molecule is CN1C(=O)C(C)(C(=O)N2CCN(Cc3ccccc3)CC2)Sc2ccccc21. The molecule has 2 aromatic carbocycles. The summed E-state index contributed by atoms with van der Waals surface area (Å²) >= 11 is 1.38. The van der Waals surface area contributed by atoms with Gasteiger partial charge in [0.15, 0.2) is 4.75 Å². The molecule has 0 aromatic heterocycles. The number of benzene rings is 2. The van der Waals surface area contributed by atoms with Gasteiger partial charge in [-0.1, -0.05) is 54.2 Å². The third-order valence-electron chi connectivity index (χ3n) is 5.57. The van der Waals surface area contributed by atoms with Gasteiger partial charge in [-0.15, -0.1) is 0 Å². The van der Waals surface area contributed by atoms with Crippen LogP contribution in [0.5, 0.6) is 0 Å². The first-order chi connectivity index (χ1) is 13.5. The molecule has 0 bridgehead atoms. The Balaban J connectivity index is 1.44. The maximum atomic E-state index is 13.3. The highest BCUT2D eigenvalue weighted by atomic mass is 32.2. The fourth-order valence-electron chi connectivity index (χ4n) is 3.90. The molecule has 2 heterocycles. The van der Waals surface area contributed by atoms with E-state index in [1.165, 1.54) is 17.3 Å². The van der Waals surface area contributed by atoms with Crippen molar-refractivity contribution in [3.63, 3.8) is 0 Å². The average Bonchev–Trinajstić information content (AvgIpc) is 2.73. The summed E-state index contributed by atoms with van der Waals surface area (Å²) in [5, 5.41) is 0. The number of nitrogens with zero attached hydrogens (tertiary/aromatic N) is 3. The van der Waals surface area contributed by atoms with Gasteiger partial charge in [-0.3, -0.25) is 14.5 Å². The Labute approximate surface area is 170 Å². The van der Waals surface area contributed by atoms with E-state index in [2.05, 4.69) is 29.2 Å².